The Kier molecular flexibility index (Phi) is 9.60. The summed E-state index contributed by atoms with van der Waals surface area (Å²) >= 11 is 0. The summed E-state index contributed by atoms with van der Waals surface area (Å²) in [5, 5.41) is 4.92. The molecule has 27 heavy (non-hydrogen) atoms. The van der Waals surface area contributed by atoms with Crippen LogP contribution < -0.4 is 16.4 Å². The Bertz CT molecular complexity index is 504. The lowest BCUT2D eigenvalue weighted by Crippen LogP contribution is -2.44. The van der Waals surface area contributed by atoms with Gasteiger partial charge in [-0.1, -0.05) is 0 Å². The number of ether oxygens (including phenoxy) is 3. The van der Waals surface area contributed by atoms with Gasteiger partial charge >= 0.3 is 18.2 Å². The van der Waals surface area contributed by atoms with E-state index in [0.717, 1.165) is 0 Å². The Morgan fingerprint density at radius 3 is 1.56 bits per heavy atom. The van der Waals surface area contributed by atoms with Crippen molar-refractivity contribution in [1.82, 2.24) is 10.6 Å². The number of esters is 1. The van der Waals surface area contributed by atoms with Gasteiger partial charge in [0, 0.05) is 6.42 Å². The molecule has 3 amide bonds. The van der Waals surface area contributed by atoms with Crippen LogP contribution in [0.1, 0.15) is 54.4 Å². The Morgan fingerprint density at radius 1 is 0.815 bits per heavy atom. The van der Waals surface area contributed by atoms with Gasteiger partial charge in [-0.05, 0) is 41.5 Å². The first-order valence-electron chi connectivity index (χ1n) is 8.59. The molecular formula is C17H31N3O7. The van der Waals surface area contributed by atoms with Crippen molar-refractivity contribution in [2.24, 2.45) is 5.73 Å². The first-order chi connectivity index (χ1) is 12.2. The molecule has 0 heterocycles. The molecule has 0 saturated heterocycles. The Balaban J connectivity index is 4.69. The molecule has 0 aliphatic carbocycles. The average molecular weight is 389 g/mol. The highest BCUT2D eigenvalue weighted by atomic mass is 16.6. The Hall–Kier alpha value is -2.52. The number of carbonyl (C=O) groups excluding carboxylic acids is 4. The normalized spacial score (nSPS) is 11.5. The van der Waals surface area contributed by atoms with Gasteiger partial charge in [-0.25, -0.2) is 9.59 Å². The third kappa shape index (κ3) is 15.5. The van der Waals surface area contributed by atoms with E-state index in [2.05, 4.69) is 10.6 Å². The maximum absolute atomic E-state index is 11.8. The molecule has 0 aliphatic rings. The first kappa shape index (κ1) is 24.5. The standard InChI is InChI=1S/C17H31N3O7/c1-16(2,3)26-14(23)19-9-11(25-13(22)8-7-12(18)21)10-20-15(24)27-17(4,5)6/h11H,7-10H2,1-6H3,(H2,18,21)(H,19,23)(H,20,24). The summed E-state index contributed by atoms with van der Waals surface area (Å²) in [5.41, 5.74) is 3.62. The Labute approximate surface area is 159 Å². The van der Waals surface area contributed by atoms with E-state index in [-0.39, 0.29) is 25.9 Å². The zero-order valence-corrected chi connectivity index (χ0v) is 16.8. The fraction of sp³-hybridized carbons (Fsp3) is 0.765. The highest BCUT2D eigenvalue weighted by Crippen LogP contribution is 2.08. The molecule has 0 unspecified atom stereocenters. The van der Waals surface area contributed by atoms with Crippen LogP contribution in [-0.4, -0.2) is 54.5 Å². The van der Waals surface area contributed by atoms with E-state index in [4.69, 9.17) is 19.9 Å². The molecule has 0 aromatic carbocycles. The number of primary amides is 1. The van der Waals surface area contributed by atoms with Crippen LogP contribution in [-0.2, 0) is 23.8 Å². The third-order valence-electron chi connectivity index (χ3n) is 2.62. The van der Waals surface area contributed by atoms with E-state index in [0.29, 0.717) is 0 Å². The molecule has 0 bridgehead atoms. The van der Waals surface area contributed by atoms with Crippen molar-refractivity contribution < 1.29 is 33.4 Å². The first-order valence-corrected chi connectivity index (χ1v) is 8.59. The van der Waals surface area contributed by atoms with Gasteiger partial charge < -0.3 is 30.6 Å². The molecule has 4 N–H and O–H groups in total. The number of hydrogen-bond acceptors (Lipinski definition) is 7. The summed E-state index contributed by atoms with van der Waals surface area (Å²) in [6.45, 7) is 10.0. The monoisotopic (exact) mass is 389 g/mol. The molecule has 0 saturated carbocycles. The summed E-state index contributed by atoms with van der Waals surface area (Å²) in [6, 6.07) is 0. The minimum absolute atomic E-state index is 0.104. The molecule has 10 heteroatoms. The van der Waals surface area contributed by atoms with E-state index in [1.807, 2.05) is 0 Å². The van der Waals surface area contributed by atoms with Crippen molar-refractivity contribution in [2.45, 2.75) is 71.7 Å². The molecule has 156 valence electrons. The molecule has 10 nitrogen and oxygen atoms in total. The lowest BCUT2D eigenvalue weighted by Gasteiger charge is -2.23. The summed E-state index contributed by atoms with van der Waals surface area (Å²) in [6.07, 6.45) is -2.64. The molecule has 0 rings (SSSR count). The highest BCUT2D eigenvalue weighted by Gasteiger charge is 2.22. The van der Waals surface area contributed by atoms with E-state index in [9.17, 15) is 19.2 Å². The fourth-order valence-electron chi connectivity index (χ4n) is 1.65. The van der Waals surface area contributed by atoms with Gasteiger partial charge in [-0.3, -0.25) is 9.59 Å². The summed E-state index contributed by atoms with van der Waals surface area (Å²) in [4.78, 5) is 46.0. The smallest absolute Gasteiger partial charge is 0.407 e. The van der Waals surface area contributed by atoms with Crippen LogP contribution in [0.5, 0.6) is 0 Å². The minimum atomic E-state index is -0.884. The molecule has 0 aromatic heterocycles. The van der Waals surface area contributed by atoms with Crippen LogP contribution in [0.25, 0.3) is 0 Å². The summed E-state index contributed by atoms with van der Waals surface area (Å²) < 4.78 is 15.4. The van der Waals surface area contributed by atoms with Crippen LogP contribution in [0.2, 0.25) is 0 Å². The van der Waals surface area contributed by atoms with Gasteiger partial charge in [-0.15, -0.1) is 0 Å². The topological polar surface area (TPSA) is 146 Å². The van der Waals surface area contributed by atoms with E-state index in [1.54, 1.807) is 41.5 Å². The number of nitrogens with two attached hydrogens (primary N) is 1. The number of alkyl carbamates (subject to hydrolysis) is 2. The molecule has 0 spiro atoms. The lowest BCUT2D eigenvalue weighted by molar-refractivity contribution is -0.149. The van der Waals surface area contributed by atoms with Gasteiger partial charge in [0.05, 0.1) is 19.5 Å². The number of carbonyl (C=O) groups is 4. The quantitative estimate of drug-likeness (QED) is 0.418. The molecule has 0 radical (unpaired) electrons. The summed E-state index contributed by atoms with van der Waals surface area (Å²) in [5.74, 6) is -1.32. The van der Waals surface area contributed by atoms with Crippen LogP contribution in [0.3, 0.4) is 0 Å². The van der Waals surface area contributed by atoms with E-state index < -0.39 is 41.4 Å². The van der Waals surface area contributed by atoms with Gasteiger partial charge in [0.1, 0.15) is 17.3 Å². The predicted octanol–water partition coefficient (Wildman–Crippen LogP) is 1.21. The lowest BCUT2D eigenvalue weighted by atomic mass is 10.2. The van der Waals surface area contributed by atoms with Crippen molar-refractivity contribution in [2.75, 3.05) is 13.1 Å². The zero-order valence-electron chi connectivity index (χ0n) is 16.8. The van der Waals surface area contributed by atoms with Crippen molar-refractivity contribution in [3.63, 3.8) is 0 Å². The largest absolute Gasteiger partial charge is 0.459 e. The zero-order chi connectivity index (χ0) is 21.3. The predicted molar refractivity (Wildman–Crippen MR) is 96.8 cm³/mol. The maximum Gasteiger partial charge on any atom is 0.407 e. The van der Waals surface area contributed by atoms with Crippen LogP contribution >= 0.6 is 0 Å². The van der Waals surface area contributed by atoms with Crippen molar-refractivity contribution in [3.05, 3.63) is 0 Å². The summed E-state index contributed by atoms with van der Waals surface area (Å²) in [7, 11) is 0. The molecule has 0 fully saturated rings. The van der Waals surface area contributed by atoms with Gasteiger partial charge in [0.2, 0.25) is 5.91 Å². The number of rotatable bonds is 8. The third-order valence-corrected chi connectivity index (χ3v) is 2.62. The average Bonchev–Trinajstić information content (AvgIpc) is 2.44. The second-order valence-corrected chi connectivity index (χ2v) is 7.84. The van der Waals surface area contributed by atoms with Gasteiger partial charge in [-0.2, -0.15) is 0 Å². The van der Waals surface area contributed by atoms with Gasteiger partial charge in [0.15, 0.2) is 0 Å². The number of nitrogens with one attached hydrogen (secondary N) is 2. The number of amides is 3. The Morgan fingerprint density at radius 2 is 1.22 bits per heavy atom. The van der Waals surface area contributed by atoms with Crippen LogP contribution in [0, 0.1) is 0 Å². The molecule has 0 atom stereocenters. The molecular weight excluding hydrogens is 358 g/mol. The van der Waals surface area contributed by atoms with Gasteiger partial charge in [0.25, 0.3) is 0 Å². The number of hydrogen-bond donors (Lipinski definition) is 3. The molecule has 0 aliphatic heterocycles. The van der Waals surface area contributed by atoms with Crippen molar-refractivity contribution in [1.29, 1.82) is 0 Å². The fourth-order valence-corrected chi connectivity index (χ4v) is 1.65. The van der Waals surface area contributed by atoms with Crippen molar-refractivity contribution in [3.8, 4) is 0 Å². The highest BCUT2D eigenvalue weighted by molar-refractivity contribution is 5.80. The second kappa shape index (κ2) is 10.6. The van der Waals surface area contributed by atoms with Crippen LogP contribution in [0.15, 0.2) is 0 Å². The van der Waals surface area contributed by atoms with E-state index in [1.165, 1.54) is 0 Å². The maximum atomic E-state index is 11.8. The van der Waals surface area contributed by atoms with E-state index >= 15 is 0 Å². The SMILES string of the molecule is CC(C)(C)OC(=O)NCC(CNC(=O)OC(C)(C)C)OC(=O)CCC(N)=O. The second-order valence-electron chi connectivity index (χ2n) is 7.84. The van der Waals surface area contributed by atoms with Crippen LogP contribution in [0.4, 0.5) is 9.59 Å². The van der Waals surface area contributed by atoms with Crippen molar-refractivity contribution >= 4 is 24.1 Å². The minimum Gasteiger partial charge on any atom is -0.459 e. The molecule has 0 aromatic rings.